The van der Waals surface area contributed by atoms with Gasteiger partial charge in [-0.05, 0) is 51.3 Å². The molecule has 140 valence electrons. The molecule has 3 rings (SSSR count). The highest BCUT2D eigenvalue weighted by Crippen LogP contribution is 2.26. The number of aromatic amines is 1. The van der Waals surface area contributed by atoms with Crippen LogP contribution in [0.5, 0.6) is 0 Å². The van der Waals surface area contributed by atoms with Crippen molar-refractivity contribution < 1.29 is 14.0 Å². The van der Waals surface area contributed by atoms with Crippen LogP contribution in [0, 0.1) is 11.7 Å². The topological polar surface area (TPSA) is 74.0 Å². The number of hydrogen-bond acceptors (Lipinski definition) is 2. The molecule has 3 N–H and O–H groups in total. The van der Waals surface area contributed by atoms with Crippen LogP contribution in [0.3, 0.4) is 0 Å². The smallest absolute Gasteiger partial charge is 0.267 e. The molecule has 0 saturated heterocycles. The van der Waals surface area contributed by atoms with E-state index < -0.39 is 0 Å². The minimum atomic E-state index is -0.382. The van der Waals surface area contributed by atoms with E-state index in [1.165, 1.54) is 12.1 Å². The number of hydrogen-bond donors (Lipinski definition) is 3. The first-order valence-electron chi connectivity index (χ1n) is 8.92. The molecule has 2 atom stereocenters. The number of carbonyl (C=O) groups is 2. The molecule has 1 heterocycles. The van der Waals surface area contributed by atoms with Crippen LogP contribution in [0.4, 0.5) is 4.39 Å². The molecule has 7 heteroatoms. The second-order valence-corrected chi connectivity index (χ2v) is 8.14. The van der Waals surface area contributed by atoms with Gasteiger partial charge in [-0.2, -0.15) is 0 Å². The number of H-pyrrole nitrogens is 1. The molecule has 1 aromatic heterocycles. The van der Waals surface area contributed by atoms with Crippen molar-refractivity contribution in [1.29, 1.82) is 0 Å². The van der Waals surface area contributed by atoms with Crippen LogP contribution in [0.15, 0.2) is 22.7 Å². The van der Waals surface area contributed by atoms with E-state index in [0.29, 0.717) is 27.5 Å². The second kappa shape index (κ2) is 7.78. The van der Waals surface area contributed by atoms with E-state index in [4.69, 9.17) is 0 Å². The predicted octanol–water partition coefficient (Wildman–Crippen LogP) is 3.88. The van der Waals surface area contributed by atoms with Gasteiger partial charge in [0.1, 0.15) is 11.5 Å². The first-order chi connectivity index (χ1) is 12.3. The fraction of sp³-hybridized carbons (Fsp3) is 0.474. The maximum atomic E-state index is 14.0. The van der Waals surface area contributed by atoms with Gasteiger partial charge in [-0.25, -0.2) is 4.39 Å². The largest absolute Gasteiger partial charge is 0.354 e. The molecule has 0 aliphatic heterocycles. The standard InChI is InChI=1S/C19H23BrFN3O2/c1-10(2)22-18(25)11-4-3-5-13(6-11)23-19(26)17-9-14-15(21)7-12(20)8-16(14)24-17/h7-11,13,24H,3-6H2,1-2H3,(H,22,25)(H,23,26). The maximum Gasteiger partial charge on any atom is 0.267 e. The second-order valence-electron chi connectivity index (χ2n) is 7.23. The normalized spacial score (nSPS) is 20.3. The fourth-order valence-corrected chi connectivity index (χ4v) is 3.94. The van der Waals surface area contributed by atoms with Crippen LogP contribution in [0.25, 0.3) is 10.9 Å². The van der Waals surface area contributed by atoms with Crippen LogP contribution >= 0.6 is 15.9 Å². The lowest BCUT2D eigenvalue weighted by atomic mass is 9.85. The zero-order valence-electron chi connectivity index (χ0n) is 14.9. The van der Waals surface area contributed by atoms with Gasteiger partial charge in [0, 0.05) is 27.9 Å². The average Bonchev–Trinajstić information content (AvgIpc) is 2.99. The average molecular weight is 424 g/mol. The van der Waals surface area contributed by atoms with E-state index in [2.05, 4.69) is 31.5 Å². The third-order valence-corrected chi connectivity index (χ3v) is 5.17. The van der Waals surface area contributed by atoms with Crippen molar-refractivity contribution in [3.05, 3.63) is 34.2 Å². The molecular formula is C19H23BrFN3O2. The molecule has 1 fully saturated rings. The molecule has 1 saturated carbocycles. The van der Waals surface area contributed by atoms with Gasteiger partial charge in [-0.15, -0.1) is 0 Å². The molecule has 1 aromatic carbocycles. The number of halogens is 2. The lowest BCUT2D eigenvalue weighted by molar-refractivity contribution is -0.126. The van der Waals surface area contributed by atoms with Crippen molar-refractivity contribution >= 4 is 38.6 Å². The third kappa shape index (κ3) is 4.26. The number of benzene rings is 1. The molecule has 2 aromatic rings. The van der Waals surface area contributed by atoms with Crippen molar-refractivity contribution in [2.24, 2.45) is 5.92 Å². The van der Waals surface area contributed by atoms with Crippen LogP contribution in [-0.4, -0.2) is 28.9 Å². The molecule has 0 radical (unpaired) electrons. The van der Waals surface area contributed by atoms with Crippen molar-refractivity contribution in [1.82, 2.24) is 15.6 Å². The Balaban J connectivity index is 1.68. The maximum absolute atomic E-state index is 14.0. The fourth-order valence-electron chi connectivity index (χ4n) is 3.51. The molecule has 26 heavy (non-hydrogen) atoms. The molecule has 2 unspecified atom stereocenters. The predicted molar refractivity (Wildman–Crippen MR) is 102 cm³/mol. The van der Waals surface area contributed by atoms with Crippen LogP contribution in [0.2, 0.25) is 0 Å². The van der Waals surface area contributed by atoms with Gasteiger partial charge in [0.05, 0.1) is 5.52 Å². The molecule has 2 amide bonds. The van der Waals surface area contributed by atoms with E-state index in [9.17, 15) is 14.0 Å². The Bertz CT molecular complexity index is 834. The van der Waals surface area contributed by atoms with E-state index >= 15 is 0 Å². The number of aromatic nitrogens is 1. The number of amides is 2. The Morgan fingerprint density at radius 3 is 2.77 bits per heavy atom. The summed E-state index contributed by atoms with van der Waals surface area (Å²) >= 11 is 3.25. The Hall–Kier alpha value is -1.89. The highest BCUT2D eigenvalue weighted by atomic mass is 79.9. The lowest BCUT2D eigenvalue weighted by Gasteiger charge is -2.29. The third-order valence-electron chi connectivity index (χ3n) is 4.71. The minimum absolute atomic E-state index is 0.0523. The van der Waals surface area contributed by atoms with E-state index in [1.807, 2.05) is 13.8 Å². The molecule has 0 bridgehead atoms. The number of nitrogens with one attached hydrogen (secondary N) is 3. The van der Waals surface area contributed by atoms with Crippen LogP contribution in [-0.2, 0) is 4.79 Å². The summed E-state index contributed by atoms with van der Waals surface area (Å²) in [6, 6.07) is 4.69. The van der Waals surface area contributed by atoms with E-state index in [0.717, 1.165) is 19.3 Å². The summed E-state index contributed by atoms with van der Waals surface area (Å²) < 4.78 is 14.6. The van der Waals surface area contributed by atoms with E-state index in [-0.39, 0.29) is 35.6 Å². The lowest BCUT2D eigenvalue weighted by Crippen LogP contribution is -2.43. The van der Waals surface area contributed by atoms with Crippen molar-refractivity contribution in [2.75, 3.05) is 0 Å². The van der Waals surface area contributed by atoms with Crippen molar-refractivity contribution in [3.8, 4) is 0 Å². The molecule has 1 aliphatic carbocycles. The van der Waals surface area contributed by atoms with Gasteiger partial charge in [0.2, 0.25) is 5.91 Å². The number of fused-ring (bicyclic) bond motifs is 1. The highest BCUT2D eigenvalue weighted by molar-refractivity contribution is 9.10. The molecule has 0 spiro atoms. The Morgan fingerprint density at radius 2 is 2.04 bits per heavy atom. The van der Waals surface area contributed by atoms with Gasteiger partial charge in [-0.1, -0.05) is 22.4 Å². The summed E-state index contributed by atoms with van der Waals surface area (Å²) in [5.74, 6) is -0.677. The van der Waals surface area contributed by atoms with Gasteiger partial charge in [-0.3, -0.25) is 9.59 Å². The van der Waals surface area contributed by atoms with Crippen molar-refractivity contribution in [2.45, 2.75) is 51.6 Å². The minimum Gasteiger partial charge on any atom is -0.354 e. The number of rotatable bonds is 4. The SMILES string of the molecule is CC(C)NC(=O)C1CCCC(NC(=O)c2cc3c(F)cc(Br)cc3[nH]2)C1. The summed E-state index contributed by atoms with van der Waals surface area (Å²) in [6.45, 7) is 3.88. The van der Waals surface area contributed by atoms with Crippen molar-refractivity contribution in [3.63, 3.8) is 0 Å². The summed E-state index contributed by atoms with van der Waals surface area (Å²) in [4.78, 5) is 27.7. The molecule has 5 nitrogen and oxygen atoms in total. The summed E-state index contributed by atoms with van der Waals surface area (Å²) in [7, 11) is 0. The summed E-state index contributed by atoms with van der Waals surface area (Å²) in [6.07, 6.45) is 3.22. The van der Waals surface area contributed by atoms with Gasteiger partial charge < -0.3 is 15.6 Å². The van der Waals surface area contributed by atoms with Gasteiger partial charge in [0.15, 0.2) is 0 Å². The monoisotopic (exact) mass is 423 g/mol. The Morgan fingerprint density at radius 1 is 1.27 bits per heavy atom. The first kappa shape index (κ1) is 18.9. The Labute approximate surface area is 160 Å². The highest BCUT2D eigenvalue weighted by Gasteiger charge is 2.28. The Kier molecular flexibility index (Phi) is 5.65. The first-order valence-corrected chi connectivity index (χ1v) is 9.71. The summed E-state index contributed by atoms with van der Waals surface area (Å²) in [5, 5.41) is 6.31. The summed E-state index contributed by atoms with van der Waals surface area (Å²) in [5.41, 5.74) is 0.894. The zero-order chi connectivity index (χ0) is 18.8. The van der Waals surface area contributed by atoms with Gasteiger partial charge in [0.25, 0.3) is 5.91 Å². The number of carbonyl (C=O) groups excluding carboxylic acids is 2. The molecule has 1 aliphatic rings. The quantitative estimate of drug-likeness (QED) is 0.697. The van der Waals surface area contributed by atoms with Crippen LogP contribution < -0.4 is 10.6 Å². The molecular weight excluding hydrogens is 401 g/mol. The zero-order valence-corrected chi connectivity index (χ0v) is 16.5. The van der Waals surface area contributed by atoms with E-state index in [1.54, 1.807) is 6.07 Å². The van der Waals surface area contributed by atoms with Gasteiger partial charge >= 0.3 is 0 Å². The van der Waals surface area contributed by atoms with Crippen LogP contribution in [0.1, 0.15) is 50.0 Å².